The second-order valence-electron chi connectivity index (χ2n) is 21.2. The molecule has 0 saturated carbocycles. The van der Waals surface area contributed by atoms with Gasteiger partial charge in [-0.2, -0.15) is 0 Å². The van der Waals surface area contributed by atoms with Gasteiger partial charge in [0, 0.05) is 12.8 Å². The summed E-state index contributed by atoms with van der Waals surface area (Å²) >= 11 is 0. The predicted octanol–water partition coefficient (Wildman–Crippen LogP) is 18.8. The quantitative estimate of drug-likeness (QED) is 0.0211. The number of rotatable bonds is 55. The maximum Gasteiger partial charge on any atom is 0.361 e. The molecule has 1 N–H and O–H groups in total. The zero-order valence-electron chi connectivity index (χ0n) is 50.7. The highest BCUT2D eigenvalue weighted by Gasteiger charge is 2.25. The summed E-state index contributed by atoms with van der Waals surface area (Å²) in [5, 5.41) is 9.72. The van der Waals surface area contributed by atoms with E-state index >= 15 is 0 Å². The van der Waals surface area contributed by atoms with Gasteiger partial charge in [0.25, 0.3) is 6.29 Å². The number of quaternary nitrogens is 1. The van der Waals surface area contributed by atoms with Gasteiger partial charge in [-0.05, 0) is 116 Å². The number of hydrogen-bond donors (Lipinski definition) is 1. The first kappa shape index (κ1) is 74.2. The average molecular weight is 1100 g/mol. The lowest BCUT2D eigenvalue weighted by Crippen LogP contribution is -2.40. The summed E-state index contributed by atoms with van der Waals surface area (Å²) in [7, 11) is 5.94. The molecule has 9 heteroatoms. The first-order valence-electron chi connectivity index (χ1n) is 31.0. The largest absolute Gasteiger partial charge is 0.477 e. The van der Waals surface area contributed by atoms with Crippen molar-refractivity contribution in [2.24, 2.45) is 0 Å². The Morgan fingerprint density at radius 2 is 0.684 bits per heavy atom. The normalized spacial score (nSPS) is 13.8. The Morgan fingerprint density at radius 1 is 0.380 bits per heavy atom. The SMILES string of the molecule is CC/C=C\C/C=C\C/C=C\C/C=C\C/C=C\C/C=C\C/C=C\C/C=C\CCCCC(=O)OC(COC(=O)CCCCCCCCCCCCCCCC/C=C\C/C=C\C/C=C\C/C=C\CC)COC(OCC[N+](C)(C)C)C(=O)O. The summed E-state index contributed by atoms with van der Waals surface area (Å²) in [5.41, 5.74) is 0. The van der Waals surface area contributed by atoms with Gasteiger partial charge in [0.1, 0.15) is 13.2 Å². The first-order valence-corrected chi connectivity index (χ1v) is 31.0. The van der Waals surface area contributed by atoms with Crippen LogP contribution in [0, 0.1) is 0 Å². The van der Waals surface area contributed by atoms with E-state index in [1.165, 1.54) is 77.0 Å². The summed E-state index contributed by atoms with van der Waals surface area (Å²) in [6, 6.07) is 0. The zero-order chi connectivity index (χ0) is 57.6. The van der Waals surface area contributed by atoms with Crippen LogP contribution in [0.5, 0.6) is 0 Å². The lowest BCUT2D eigenvalue weighted by Gasteiger charge is -2.25. The number of carbonyl (C=O) groups excluding carboxylic acids is 2. The fourth-order valence-corrected chi connectivity index (χ4v) is 7.90. The van der Waals surface area contributed by atoms with Gasteiger partial charge >= 0.3 is 17.9 Å². The van der Waals surface area contributed by atoms with Crippen LogP contribution in [0.25, 0.3) is 0 Å². The van der Waals surface area contributed by atoms with E-state index in [0.29, 0.717) is 17.4 Å². The lowest BCUT2D eigenvalue weighted by atomic mass is 10.0. The summed E-state index contributed by atoms with van der Waals surface area (Å²) < 4.78 is 22.9. The van der Waals surface area contributed by atoms with Crippen LogP contribution in [0.2, 0.25) is 0 Å². The molecule has 0 aromatic carbocycles. The maximum atomic E-state index is 12.9. The fraction of sp³-hybridized carbons (Fsp3) is 0.614. The van der Waals surface area contributed by atoms with Crippen LogP contribution in [-0.2, 0) is 33.3 Å². The zero-order valence-corrected chi connectivity index (χ0v) is 50.7. The van der Waals surface area contributed by atoms with Gasteiger partial charge < -0.3 is 28.5 Å². The minimum atomic E-state index is -1.53. The van der Waals surface area contributed by atoms with Gasteiger partial charge in [-0.15, -0.1) is 0 Å². The van der Waals surface area contributed by atoms with Gasteiger partial charge in [-0.3, -0.25) is 9.59 Å². The van der Waals surface area contributed by atoms with E-state index in [1.54, 1.807) is 0 Å². The molecule has 0 radical (unpaired) electrons. The number of unbranched alkanes of at least 4 members (excludes halogenated alkanes) is 16. The van der Waals surface area contributed by atoms with Crippen LogP contribution in [-0.4, -0.2) is 87.4 Å². The van der Waals surface area contributed by atoms with Crippen molar-refractivity contribution in [3.8, 4) is 0 Å². The molecule has 0 heterocycles. The molecular formula is C70H114NO8+. The number of carbonyl (C=O) groups is 3. The van der Waals surface area contributed by atoms with Crippen molar-refractivity contribution in [1.29, 1.82) is 0 Å². The number of nitrogens with zero attached hydrogens (tertiary/aromatic N) is 1. The third kappa shape index (κ3) is 60.7. The molecule has 79 heavy (non-hydrogen) atoms. The number of hydrogen-bond acceptors (Lipinski definition) is 7. The third-order valence-electron chi connectivity index (χ3n) is 12.6. The molecular weight excluding hydrogens is 983 g/mol. The predicted molar refractivity (Wildman–Crippen MR) is 336 cm³/mol. The fourth-order valence-electron chi connectivity index (χ4n) is 7.90. The molecule has 0 rings (SSSR count). The van der Waals surface area contributed by atoms with E-state index in [1.807, 2.05) is 21.1 Å². The minimum Gasteiger partial charge on any atom is -0.477 e. The summed E-state index contributed by atoms with van der Waals surface area (Å²) in [4.78, 5) is 37.5. The number of likely N-dealkylation sites (N-methyl/N-ethyl adjacent to an activating group) is 1. The topological polar surface area (TPSA) is 108 Å². The summed E-state index contributed by atoms with van der Waals surface area (Å²) in [6.07, 6.45) is 83.6. The van der Waals surface area contributed by atoms with Crippen LogP contribution < -0.4 is 0 Å². The van der Waals surface area contributed by atoms with Gasteiger partial charge in [0.2, 0.25) is 0 Å². The van der Waals surface area contributed by atoms with Crippen molar-refractivity contribution < 1.29 is 42.9 Å². The van der Waals surface area contributed by atoms with Crippen molar-refractivity contribution in [2.45, 2.75) is 232 Å². The Hall–Kier alpha value is -4.83. The Balaban J connectivity index is 4.32. The number of aliphatic carboxylic acids is 1. The Bertz CT molecular complexity index is 1800. The van der Waals surface area contributed by atoms with Crippen LogP contribution in [0.3, 0.4) is 0 Å². The van der Waals surface area contributed by atoms with E-state index in [9.17, 15) is 19.5 Å². The molecule has 0 aliphatic rings. The molecule has 0 saturated heterocycles. The molecule has 0 aliphatic carbocycles. The maximum absolute atomic E-state index is 12.9. The third-order valence-corrected chi connectivity index (χ3v) is 12.6. The van der Waals surface area contributed by atoms with E-state index in [-0.39, 0.29) is 38.6 Å². The van der Waals surface area contributed by atoms with E-state index < -0.39 is 24.3 Å². The van der Waals surface area contributed by atoms with Crippen molar-refractivity contribution in [3.63, 3.8) is 0 Å². The van der Waals surface area contributed by atoms with Gasteiger partial charge in [0.15, 0.2) is 6.10 Å². The van der Waals surface area contributed by atoms with Gasteiger partial charge in [-0.25, -0.2) is 4.79 Å². The molecule has 446 valence electrons. The molecule has 2 unspecified atom stereocenters. The summed E-state index contributed by atoms with van der Waals surface area (Å²) in [6.45, 7) is 4.58. The van der Waals surface area contributed by atoms with Gasteiger partial charge in [-0.1, -0.05) is 237 Å². The van der Waals surface area contributed by atoms with Crippen molar-refractivity contribution in [2.75, 3.05) is 47.5 Å². The molecule has 0 fully saturated rings. The molecule has 0 aromatic rings. The Morgan fingerprint density at radius 3 is 1.04 bits per heavy atom. The number of carboxylic acids is 1. The molecule has 0 aromatic heterocycles. The smallest absolute Gasteiger partial charge is 0.361 e. The van der Waals surface area contributed by atoms with Crippen molar-refractivity contribution in [1.82, 2.24) is 0 Å². The number of allylic oxidation sites excluding steroid dienone is 24. The van der Waals surface area contributed by atoms with Crippen molar-refractivity contribution in [3.05, 3.63) is 146 Å². The van der Waals surface area contributed by atoms with Crippen LogP contribution in [0.4, 0.5) is 0 Å². The molecule has 9 nitrogen and oxygen atoms in total. The van der Waals surface area contributed by atoms with Crippen LogP contribution in [0.1, 0.15) is 219 Å². The van der Waals surface area contributed by atoms with Gasteiger partial charge in [0.05, 0.1) is 34.4 Å². The van der Waals surface area contributed by atoms with Crippen molar-refractivity contribution >= 4 is 17.9 Å². The molecule has 0 spiro atoms. The van der Waals surface area contributed by atoms with Crippen LogP contribution in [0.15, 0.2) is 146 Å². The Labute approximate surface area is 483 Å². The highest BCUT2D eigenvalue weighted by molar-refractivity contribution is 5.71. The molecule has 0 amide bonds. The van der Waals surface area contributed by atoms with Crippen LogP contribution >= 0.6 is 0 Å². The number of esters is 2. The average Bonchev–Trinajstić information content (AvgIpc) is 3.42. The standard InChI is InChI=1S/C70H113NO8/c1-6-8-10-12-14-16-18-20-22-24-26-28-30-32-34-36-38-40-42-44-46-48-50-52-54-56-58-60-67(72)77-64-66(65-78-70(69(74)75)76-63-62-71(3,4)5)79-68(73)61-59-57-55-53-51-49-47-45-43-41-39-37-35-33-31-29-27-25-23-21-19-17-15-13-11-9-7-2/h8-11,14-17,20-23,26-29,33,35,39,41,45,47,51,53,66,70H,6-7,12-13,18-19,24-25,30-32,34,36-38,40,42-44,46,48-50,52,54-65H2,1-5H3/p+1/b10-8-,11-9-,16-14-,17-15-,22-20-,23-21-,28-26-,29-27-,35-33-,41-39-,47-45-,53-51-. The highest BCUT2D eigenvalue weighted by atomic mass is 16.7. The van der Waals surface area contributed by atoms with E-state index in [0.717, 1.165) is 109 Å². The minimum absolute atomic E-state index is 0.171. The number of ether oxygens (including phenoxy) is 4. The highest BCUT2D eigenvalue weighted by Crippen LogP contribution is 2.15. The second-order valence-corrected chi connectivity index (χ2v) is 21.2. The first-order chi connectivity index (χ1) is 38.6. The second kappa shape index (κ2) is 59.3. The van der Waals surface area contributed by atoms with E-state index in [2.05, 4.69) is 160 Å². The Kier molecular flexibility index (Phi) is 55.7. The summed E-state index contributed by atoms with van der Waals surface area (Å²) in [5.74, 6) is -2.08. The van der Waals surface area contributed by atoms with E-state index in [4.69, 9.17) is 18.9 Å². The number of carboxylic acid groups (broad SMARTS) is 1. The molecule has 0 aliphatic heterocycles. The monoisotopic (exact) mass is 1100 g/mol. The molecule has 2 atom stereocenters. The molecule has 0 bridgehead atoms. The lowest BCUT2D eigenvalue weighted by molar-refractivity contribution is -0.870.